The number of hydrogen-bond acceptors (Lipinski definition) is 9. The van der Waals surface area contributed by atoms with Gasteiger partial charge in [-0.25, -0.2) is 14.8 Å². The quantitative estimate of drug-likeness (QED) is 0.452. The van der Waals surface area contributed by atoms with E-state index in [1.807, 2.05) is 0 Å². The molecule has 2 heterocycles. The van der Waals surface area contributed by atoms with E-state index >= 15 is 0 Å². The number of amides is 1. The molecular weight excluding hydrogens is 334 g/mol. The first kappa shape index (κ1) is 17.7. The Balaban J connectivity index is 2.00. The molecular formula is C14H17N5O4S. The number of aromatic nitrogens is 3. The Kier molecular flexibility index (Phi) is 5.74. The third kappa shape index (κ3) is 4.44. The lowest BCUT2D eigenvalue weighted by molar-refractivity contribution is -0.115. The number of thioether (sulfide) groups is 1. The van der Waals surface area contributed by atoms with Gasteiger partial charge in [-0.15, -0.1) is 0 Å². The van der Waals surface area contributed by atoms with Gasteiger partial charge < -0.3 is 20.3 Å². The van der Waals surface area contributed by atoms with Crippen LogP contribution in [0.3, 0.4) is 0 Å². The normalized spacial score (nSPS) is 11.8. The summed E-state index contributed by atoms with van der Waals surface area (Å²) >= 11 is 1.10. The molecule has 2 aromatic rings. The van der Waals surface area contributed by atoms with Gasteiger partial charge >= 0.3 is 5.97 Å². The molecule has 0 bridgehead atoms. The molecule has 3 N–H and O–H groups in total. The Labute approximate surface area is 142 Å². The van der Waals surface area contributed by atoms with Crippen LogP contribution in [0.5, 0.6) is 0 Å². The van der Waals surface area contributed by atoms with Crippen LogP contribution in [-0.4, -0.2) is 38.9 Å². The number of carbonyl (C=O) groups is 2. The lowest BCUT2D eigenvalue weighted by Crippen LogP contribution is -2.23. The minimum Gasteiger partial charge on any atom is -0.462 e. The van der Waals surface area contributed by atoms with E-state index in [1.54, 1.807) is 26.8 Å². The predicted molar refractivity (Wildman–Crippen MR) is 87.6 cm³/mol. The van der Waals surface area contributed by atoms with Gasteiger partial charge in [0.15, 0.2) is 11.0 Å². The number of esters is 1. The van der Waals surface area contributed by atoms with Gasteiger partial charge in [-0.2, -0.15) is 0 Å². The number of hydrogen-bond donors (Lipinski definition) is 2. The van der Waals surface area contributed by atoms with Crippen molar-refractivity contribution in [3.63, 3.8) is 0 Å². The van der Waals surface area contributed by atoms with E-state index in [0.717, 1.165) is 11.8 Å². The average Bonchev–Trinajstić information content (AvgIpc) is 2.92. The van der Waals surface area contributed by atoms with Crippen LogP contribution in [0.4, 0.5) is 11.6 Å². The van der Waals surface area contributed by atoms with Gasteiger partial charge in [0.2, 0.25) is 5.91 Å². The van der Waals surface area contributed by atoms with Crippen molar-refractivity contribution in [1.29, 1.82) is 0 Å². The first-order valence-corrected chi connectivity index (χ1v) is 7.99. The number of nitrogens with one attached hydrogen (secondary N) is 1. The van der Waals surface area contributed by atoms with Gasteiger partial charge in [-0.05, 0) is 20.8 Å². The smallest absolute Gasteiger partial charge is 0.343 e. The maximum Gasteiger partial charge on any atom is 0.343 e. The van der Waals surface area contributed by atoms with Gasteiger partial charge in [-0.1, -0.05) is 16.9 Å². The van der Waals surface area contributed by atoms with Crippen LogP contribution < -0.4 is 11.1 Å². The number of rotatable bonds is 6. The van der Waals surface area contributed by atoms with Gasteiger partial charge in [0.05, 0.1) is 11.9 Å². The third-order valence-electron chi connectivity index (χ3n) is 2.82. The second kappa shape index (κ2) is 7.77. The summed E-state index contributed by atoms with van der Waals surface area (Å²) in [6.45, 7) is 5.33. The zero-order valence-corrected chi connectivity index (χ0v) is 14.2. The highest BCUT2D eigenvalue weighted by molar-refractivity contribution is 8.00. The highest BCUT2D eigenvalue weighted by atomic mass is 32.2. The lowest BCUT2D eigenvalue weighted by atomic mass is 10.3. The summed E-state index contributed by atoms with van der Waals surface area (Å²) in [6, 6.07) is 1.61. The molecule has 1 atom stereocenters. The molecule has 0 spiro atoms. The number of nitrogens with zero attached hydrogens (tertiary/aromatic N) is 3. The second-order valence-electron chi connectivity index (χ2n) is 4.74. The zero-order chi connectivity index (χ0) is 17.7. The highest BCUT2D eigenvalue weighted by Gasteiger charge is 2.19. The first-order chi connectivity index (χ1) is 11.4. The SMILES string of the molecule is CCOC(=O)c1cnc(S[C@@H](C)C(=O)Nc2cc(C)on2)nc1N. The molecule has 2 aromatic heterocycles. The Morgan fingerprint density at radius 3 is 2.83 bits per heavy atom. The van der Waals surface area contributed by atoms with Crippen molar-refractivity contribution < 1.29 is 18.8 Å². The maximum atomic E-state index is 12.1. The van der Waals surface area contributed by atoms with E-state index in [4.69, 9.17) is 15.0 Å². The maximum absolute atomic E-state index is 12.1. The van der Waals surface area contributed by atoms with Crippen LogP contribution >= 0.6 is 11.8 Å². The second-order valence-corrected chi connectivity index (χ2v) is 6.05. The summed E-state index contributed by atoms with van der Waals surface area (Å²) in [6.07, 6.45) is 1.29. The Bertz CT molecular complexity index is 749. The van der Waals surface area contributed by atoms with Gasteiger partial charge in [0, 0.05) is 12.3 Å². The molecule has 24 heavy (non-hydrogen) atoms. The monoisotopic (exact) mass is 351 g/mol. The van der Waals surface area contributed by atoms with E-state index < -0.39 is 11.2 Å². The number of anilines is 2. The molecule has 128 valence electrons. The van der Waals surface area contributed by atoms with Crippen molar-refractivity contribution in [2.24, 2.45) is 0 Å². The number of nitrogens with two attached hydrogens (primary N) is 1. The van der Waals surface area contributed by atoms with Crippen molar-refractivity contribution in [3.8, 4) is 0 Å². The van der Waals surface area contributed by atoms with Crippen LogP contribution in [0.15, 0.2) is 21.9 Å². The van der Waals surface area contributed by atoms with Crippen molar-refractivity contribution in [3.05, 3.63) is 23.6 Å². The molecule has 2 rings (SSSR count). The van der Waals surface area contributed by atoms with E-state index in [0.29, 0.717) is 11.6 Å². The molecule has 0 saturated heterocycles. The zero-order valence-electron chi connectivity index (χ0n) is 13.4. The molecule has 0 radical (unpaired) electrons. The van der Waals surface area contributed by atoms with Gasteiger partial charge in [-0.3, -0.25) is 4.79 Å². The molecule has 0 aromatic carbocycles. The molecule has 9 nitrogen and oxygen atoms in total. The third-order valence-corrected chi connectivity index (χ3v) is 3.80. The molecule has 1 amide bonds. The van der Waals surface area contributed by atoms with Crippen LogP contribution in [0.25, 0.3) is 0 Å². The Hall–Kier alpha value is -2.62. The number of aryl methyl sites for hydroxylation is 1. The lowest BCUT2D eigenvalue weighted by Gasteiger charge is -2.10. The van der Waals surface area contributed by atoms with Gasteiger partial charge in [0.1, 0.15) is 17.1 Å². The van der Waals surface area contributed by atoms with Gasteiger partial charge in [0.25, 0.3) is 0 Å². The first-order valence-electron chi connectivity index (χ1n) is 7.11. The summed E-state index contributed by atoms with van der Waals surface area (Å²) in [5.41, 5.74) is 5.84. The minimum absolute atomic E-state index is 0.00526. The van der Waals surface area contributed by atoms with E-state index in [2.05, 4.69) is 20.4 Å². The summed E-state index contributed by atoms with van der Waals surface area (Å²) in [5.74, 6) is 0.0636. The van der Waals surface area contributed by atoms with Crippen LogP contribution in [0.2, 0.25) is 0 Å². The van der Waals surface area contributed by atoms with Crippen molar-refractivity contribution in [1.82, 2.24) is 15.1 Å². The van der Waals surface area contributed by atoms with E-state index in [-0.39, 0.29) is 29.1 Å². The fraction of sp³-hybridized carbons (Fsp3) is 0.357. The summed E-state index contributed by atoms with van der Waals surface area (Å²) in [5, 5.41) is 6.08. The predicted octanol–water partition coefficient (Wildman–Crippen LogP) is 1.65. The molecule has 0 aliphatic heterocycles. The van der Waals surface area contributed by atoms with Crippen molar-refractivity contribution in [2.45, 2.75) is 31.2 Å². The van der Waals surface area contributed by atoms with Crippen molar-refractivity contribution in [2.75, 3.05) is 17.7 Å². The topological polar surface area (TPSA) is 133 Å². The fourth-order valence-electron chi connectivity index (χ4n) is 1.67. The van der Waals surface area contributed by atoms with Crippen LogP contribution in [0.1, 0.15) is 30.0 Å². The van der Waals surface area contributed by atoms with Crippen LogP contribution in [-0.2, 0) is 9.53 Å². The minimum atomic E-state index is -0.584. The molecule has 10 heteroatoms. The molecule has 0 saturated carbocycles. The molecule has 0 fully saturated rings. The summed E-state index contributed by atoms with van der Waals surface area (Å²) < 4.78 is 9.73. The van der Waals surface area contributed by atoms with E-state index in [9.17, 15) is 9.59 Å². The highest BCUT2D eigenvalue weighted by Crippen LogP contribution is 2.22. The largest absolute Gasteiger partial charge is 0.462 e. The van der Waals surface area contributed by atoms with E-state index in [1.165, 1.54) is 6.20 Å². The Morgan fingerprint density at radius 2 is 2.25 bits per heavy atom. The molecule has 0 unspecified atom stereocenters. The number of nitrogen functional groups attached to an aromatic ring is 1. The number of ether oxygens (including phenoxy) is 1. The van der Waals surface area contributed by atoms with Crippen molar-refractivity contribution >= 4 is 35.3 Å². The summed E-state index contributed by atoms with van der Waals surface area (Å²) in [7, 11) is 0. The fourth-order valence-corrected chi connectivity index (χ4v) is 2.41. The Morgan fingerprint density at radius 1 is 1.50 bits per heavy atom. The molecule has 0 aliphatic carbocycles. The van der Waals surface area contributed by atoms with Crippen LogP contribution in [0, 0.1) is 6.92 Å². The molecule has 0 aliphatic rings. The standard InChI is InChI=1S/C14H17N5O4S/c1-4-22-13(21)9-6-16-14(18-11(9)15)24-8(3)12(20)17-10-5-7(2)23-19-10/h5-6,8H,4H2,1-3H3,(H2,15,16,18)(H,17,19,20)/t8-/m0/s1. The average molecular weight is 351 g/mol. The summed E-state index contributed by atoms with van der Waals surface area (Å²) in [4.78, 5) is 31.8. The number of carbonyl (C=O) groups excluding carboxylic acids is 2.